The molecule has 0 aliphatic carbocycles. The molecule has 3 rings (SSSR count). The first-order valence-electron chi connectivity index (χ1n) is 7.35. The highest BCUT2D eigenvalue weighted by Crippen LogP contribution is 2.36. The van der Waals surface area contributed by atoms with E-state index in [9.17, 15) is 9.90 Å². The van der Waals surface area contributed by atoms with Crippen molar-refractivity contribution in [3.05, 3.63) is 96.1 Å². The second-order valence-corrected chi connectivity index (χ2v) is 6.25. The summed E-state index contributed by atoms with van der Waals surface area (Å²) in [7, 11) is 0. The van der Waals surface area contributed by atoms with Gasteiger partial charge in [-0.15, -0.1) is 0 Å². The van der Waals surface area contributed by atoms with Gasteiger partial charge in [0.15, 0.2) is 0 Å². The molecule has 114 valence electrons. The fraction of sp³-hybridized carbons (Fsp3) is 0.0500. The maximum Gasteiger partial charge on any atom is 0.315 e. The lowest BCUT2D eigenvalue weighted by Gasteiger charge is -2.17. The van der Waals surface area contributed by atoms with Crippen LogP contribution in [0.5, 0.6) is 0 Å². The van der Waals surface area contributed by atoms with Gasteiger partial charge in [0, 0.05) is 9.79 Å². The molecular formula is C20H16O2S. The molecule has 1 N–H and O–H groups in total. The minimum Gasteiger partial charge on any atom is -0.481 e. The Kier molecular flexibility index (Phi) is 4.79. The van der Waals surface area contributed by atoms with E-state index in [4.69, 9.17) is 0 Å². The summed E-state index contributed by atoms with van der Waals surface area (Å²) < 4.78 is 0. The Balaban J connectivity index is 2.03. The summed E-state index contributed by atoms with van der Waals surface area (Å²) in [5.41, 5.74) is 1.61. The van der Waals surface area contributed by atoms with Crippen molar-refractivity contribution in [3.8, 4) is 0 Å². The van der Waals surface area contributed by atoms with E-state index in [-0.39, 0.29) is 0 Å². The van der Waals surface area contributed by atoms with Crippen molar-refractivity contribution in [2.75, 3.05) is 0 Å². The van der Waals surface area contributed by atoms with Gasteiger partial charge < -0.3 is 5.11 Å². The number of hydrogen-bond donors (Lipinski definition) is 1. The van der Waals surface area contributed by atoms with Crippen LogP contribution in [0.2, 0.25) is 0 Å². The Morgan fingerprint density at radius 3 is 2.00 bits per heavy atom. The normalized spacial score (nSPS) is 11.8. The van der Waals surface area contributed by atoms with Crippen LogP contribution in [0.1, 0.15) is 17.0 Å². The maximum atomic E-state index is 11.9. The molecule has 0 fully saturated rings. The summed E-state index contributed by atoms with van der Waals surface area (Å²) in [6.45, 7) is 0. The molecule has 3 heteroatoms. The maximum absolute atomic E-state index is 11.9. The molecule has 2 nitrogen and oxygen atoms in total. The van der Waals surface area contributed by atoms with Crippen LogP contribution in [-0.2, 0) is 4.79 Å². The van der Waals surface area contributed by atoms with Gasteiger partial charge in [0.1, 0.15) is 5.92 Å². The SMILES string of the molecule is O=C(O)C(c1ccccc1)c1ccccc1Sc1ccccc1. The third-order valence-corrected chi connectivity index (χ3v) is 4.68. The molecule has 1 unspecified atom stereocenters. The van der Waals surface area contributed by atoms with Crippen LogP contribution in [-0.4, -0.2) is 11.1 Å². The van der Waals surface area contributed by atoms with Gasteiger partial charge >= 0.3 is 5.97 Å². The zero-order valence-corrected chi connectivity index (χ0v) is 13.2. The highest BCUT2D eigenvalue weighted by Gasteiger charge is 2.24. The standard InChI is InChI=1S/C20H16O2S/c21-20(22)19(15-9-3-1-4-10-15)17-13-7-8-14-18(17)23-16-11-5-2-6-12-16/h1-14,19H,(H,21,22). The summed E-state index contributed by atoms with van der Waals surface area (Å²) in [5.74, 6) is -1.50. The quantitative estimate of drug-likeness (QED) is 0.714. The van der Waals surface area contributed by atoms with Gasteiger partial charge in [0.05, 0.1) is 0 Å². The van der Waals surface area contributed by atoms with Crippen LogP contribution < -0.4 is 0 Å². The smallest absolute Gasteiger partial charge is 0.315 e. The Morgan fingerprint density at radius 2 is 1.35 bits per heavy atom. The Morgan fingerprint density at radius 1 is 0.783 bits per heavy atom. The number of rotatable bonds is 5. The van der Waals surface area contributed by atoms with Crippen molar-refractivity contribution in [3.63, 3.8) is 0 Å². The lowest BCUT2D eigenvalue weighted by Crippen LogP contribution is -2.13. The number of carboxylic acids is 1. The monoisotopic (exact) mass is 320 g/mol. The average Bonchev–Trinajstić information content (AvgIpc) is 2.58. The summed E-state index contributed by atoms with van der Waals surface area (Å²) >= 11 is 1.59. The number of carbonyl (C=O) groups is 1. The van der Waals surface area contributed by atoms with Crippen molar-refractivity contribution >= 4 is 17.7 Å². The van der Waals surface area contributed by atoms with Crippen LogP contribution in [0, 0.1) is 0 Å². The second kappa shape index (κ2) is 7.16. The molecular weight excluding hydrogens is 304 g/mol. The number of benzene rings is 3. The van der Waals surface area contributed by atoms with Crippen molar-refractivity contribution in [1.29, 1.82) is 0 Å². The molecule has 0 aliphatic rings. The number of hydrogen-bond acceptors (Lipinski definition) is 2. The summed E-state index contributed by atoms with van der Waals surface area (Å²) in [4.78, 5) is 14.0. The van der Waals surface area contributed by atoms with Crippen LogP contribution in [0.3, 0.4) is 0 Å². The fourth-order valence-corrected chi connectivity index (χ4v) is 3.53. The topological polar surface area (TPSA) is 37.3 Å². The van der Waals surface area contributed by atoms with E-state index in [0.29, 0.717) is 0 Å². The van der Waals surface area contributed by atoms with Crippen molar-refractivity contribution < 1.29 is 9.90 Å². The molecule has 0 saturated carbocycles. The molecule has 0 heterocycles. The predicted molar refractivity (Wildman–Crippen MR) is 92.9 cm³/mol. The summed E-state index contributed by atoms with van der Waals surface area (Å²) in [6.07, 6.45) is 0. The van der Waals surface area contributed by atoms with E-state index >= 15 is 0 Å². The molecule has 0 aliphatic heterocycles. The van der Waals surface area contributed by atoms with Gasteiger partial charge in [-0.05, 0) is 29.3 Å². The first kappa shape index (κ1) is 15.4. The van der Waals surface area contributed by atoms with Crippen LogP contribution in [0.4, 0.5) is 0 Å². The van der Waals surface area contributed by atoms with E-state index in [1.165, 1.54) is 0 Å². The van der Waals surface area contributed by atoms with Crippen LogP contribution in [0.15, 0.2) is 94.7 Å². The molecule has 0 amide bonds. The van der Waals surface area contributed by atoms with Crippen molar-refractivity contribution in [2.24, 2.45) is 0 Å². The molecule has 0 spiro atoms. The van der Waals surface area contributed by atoms with E-state index in [0.717, 1.165) is 20.9 Å². The van der Waals surface area contributed by atoms with Crippen molar-refractivity contribution in [1.82, 2.24) is 0 Å². The lowest BCUT2D eigenvalue weighted by atomic mass is 9.91. The van der Waals surface area contributed by atoms with Gasteiger partial charge in [-0.2, -0.15) is 0 Å². The van der Waals surface area contributed by atoms with Gasteiger partial charge in [-0.1, -0.05) is 78.5 Å². The zero-order chi connectivity index (χ0) is 16.1. The van der Waals surface area contributed by atoms with Crippen LogP contribution >= 0.6 is 11.8 Å². The third-order valence-electron chi connectivity index (χ3n) is 3.58. The molecule has 0 bridgehead atoms. The van der Waals surface area contributed by atoms with E-state index in [1.807, 2.05) is 84.9 Å². The molecule has 0 aromatic heterocycles. The van der Waals surface area contributed by atoms with E-state index < -0.39 is 11.9 Å². The van der Waals surface area contributed by atoms with Gasteiger partial charge in [0.25, 0.3) is 0 Å². The summed E-state index contributed by atoms with van der Waals surface area (Å²) in [6, 6.07) is 27.1. The molecule has 0 saturated heterocycles. The number of carboxylic acid groups (broad SMARTS) is 1. The Labute approximate surface area is 139 Å². The van der Waals surface area contributed by atoms with E-state index in [2.05, 4.69) is 0 Å². The van der Waals surface area contributed by atoms with Gasteiger partial charge in [-0.3, -0.25) is 4.79 Å². The average molecular weight is 320 g/mol. The highest BCUT2D eigenvalue weighted by molar-refractivity contribution is 7.99. The first-order valence-corrected chi connectivity index (χ1v) is 8.17. The van der Waals surface area contributed by atoms with Gasteiger partial charge in [-0.25, -0.2) is 0 Å². The molecule has 3 aromatic carbocycles. The van der Waals surface area contributed by atoms with E-state index in [1.54, 1.807) is 11.8 Å². The van der Waals surface area contributed by atoms with Gasteiger partial charge in [0.2, 0.25) is 0 Å². The molecule has 0 radical (unpaired) electrons. The Bertz CT molecular complexity index is 785. The second-order valence-electron chi connectivity index (χ2n) is 5.13. The largest absolute Gasteiger partial charge is 0.481 e. The minimum absolute atomic E-state index is 0.663. The Hall–Kier alpha value is -2.52. The fourth-order valence-electron chi connectivity index (χ4n) is 2.53. The molecule has 3 aromatic rings. The van der Waals surface area contributed by atoms with Crippen LogP contribution in [0.25, 0.3) is 0 Å². The highest BCUT2D eigenvalue weighted by atomic mass is 32.2. The predicted octanol–water partition coefficient (Wildman–Crippen LogP) is 5.05. The minimum atomic E-state index is -0.836. The number of aliphatic carboxylic acids is 1. The lowest BCUT2D eigenvalue weighted by molar-refractivity contribution is -0.137. The first-order chi connectivity index (χ1) is 11.3. The molecule has 23 heavy (non-hydrogen) atoms. The third kappa shape index (κ3) is 3.63. The molecule has 1 atom stereocenters. The summed E-state index contributed by atoms with van der Waals surface area (Å²) in [5, 5.41) is 9.76. The zero-order valence-electron chi connectivity index (χ0n) is 12.4. The van der Waals surface area contributed by atoms with Crippen molar-refractivity contribution in [2.45, 2.75) is 15.7 Å².